The van der Waals surface area contributed by atoms with Gasteiger partial charge in [-0.05, 0) is 42.6 Å². The highest BCUT2D eigenvalue weighted by Crippen LogP contribution is 2.33. The van der Waals surface area contributed by atoms with Crippen molar-refractivity contribution >= 4 is 23.4 Å². The van der Waals surface area contributed by atoms with E-state index in [4.69, 9.17) is 11.6 Å². The molecule has 0 aliphatic rings. The van der Waals surface area contributed by atoms with Crippen LogP contribution >= 0.6 is 23.4 Å². The highest BCUT2D eigenvalue weighted by Gasteiger charge is 2.07. The van der Waals surface area contributed by atoms with E-state index in [0.717, 1.165) is 28.0 Å². The number of benzene rings is 1. The molecule has 0 unspecified atom stereocenters. The number of aryl methyl sites for hydroxylation is 1. The van der Waals surface area contributed by atoms with Gasteiger partial charge in [0.2, 0.25) is 0 Å². The van der Waals surface area contributed by atoms with E-state index < -0.39 is 0 Å². The molecule has 0 saturated heterocycles. The van der Waals surface area contributed by atoms with Gasteiger partial charge in [-0.15, -0.1) is 0 Å². The van der Waals surface area contributed by atoms with Gasteiger partial charge in [0.1, 0.15) is 5.03 Å². The van der Waals surface area contributed by atoms with E-state index in [2.05, 4.69) is 37.1 Å². The lowest BCUT2D eigenvalue weighted by molar-refractivity contribution is 0.551. The fourth-order valence-corrected chi connectivity index (χ4v) is 3.06. The maximum absolute atomic E-state index is 6.20. The Hall–Kier alpha value is -1.03. The van der Waals surface area contributed by atoms with Gasteiger partial charge in [0.05, 0.1) is 5.02 Å². The minimum Gasteiger partial charge on any atom is -0.312 e. The molecule has 0 bridgehead atoms. The summed E-state index contributed by atoms with van der Waals surface area (Å²) in [6, 6.07) is 10.1. The lowest BCUT2D eigenvalue weighted by Gasteiger charge is -2.10. The lowest BCUT2D eigenvalue weighted by Crippen LogP contribution is -2.19. The first kappa shape index (κ1) is 16.3. The van der Waals surface area contributed by atoms with Gasteiger partial charge in [0, 0.05) is 17.6 Å². The summed E-state index contributed by atoms with van der Waals surface area (Å²) in [5, 5.41) is 5.22. The molecule has 21 heavy (non-hydrogen) atoms. The highest BCUT2D eigenvalue weighted by atomic mass is 35.5. The summed E-state index contributed by atoms with van der Waals surface area (Å²) in [7, 11) is 0. The van der Waals surface area contributed by atoms with Gasteiger partial charge in [0.25, 0.3) is 0 Å². The Labute approximate surface area is 136 Å². The van der Waals surface area contributed by atoms with Crippen LogP contribution in [0.2, 0.25) is 5.02 Å². The van der Waals surface area contributed by atoms with Crippen molar-refractivity contribution in [1.82, 2.24) is 10.3 Å². The van der Waals surface area contributed by atoms with E-state index in [1.165, 1.54) is 11.1 Å². The van der Waals surface area contributed by atoms with Crippen molar-refractivity contribution in [3.8, 4) is 0 Å². The molecule has 0 amide bonds. The number of halogens is 1. The van der Waals surface area contributed by atoms with Gasteiger partial charge in [-0.25, -0.2) is 4.98 Å². The van der Waals surface area contributed by atoms with Crippen molar-refractivity contribution < 1.29 is 0 Å². The van der Waals surface area contributed by atoms with Crippen LogP contribution in [0.5, 0.6) is 0 Å². The Morgan fingerprint density at radius 3 is 2.71 bits per heavy atom. The topological polar surface area (TPSA) is 24.9 Å². The lowest BCUT2D eigenvalue weighted by atomic mass is 10.2. The SMILES string of the molecule is Cc1cc(CNCC(C)C)cnc1Sc1ccccc1Cl. The quantitative estimate of drug-likeness (QED) is 0.816. The monoisotopic (exact) mass is 320 g/mol. The van der Waals surface area contributed by atoms with Crippen molar-refractivity contribution in [2.45, 2.75) is 37.2 Å². The summed E-state index contributed by atoms with van der Waals surface area (Å²) >= 11 is 7.81. The predicted octanol–water partition coefficient (Wildman–Crippen LogP) is 4.94. The number of nitrogens with zero attached hydrogens (tertiary/aromatic N) is 1. The van der Waals surface area contributed by atoms with Crippen LogP contribution in [0.15, 0.2) is 46.5 Å². The second-order valence-corrected chi connectivity index (χ2v) is 6.96. The van der Waals surface area contributed by atoms with Crippen LogP contribution in [0, 0.1) is 12.8 Å². The third-order valence-electron chi connectivity index (χ3n) is 3.01. The summed E-state index contributed by atoms with van der Waals surface area (Å²) in [5.74, 6) is 0.661. The zero-order chi connectivity index (χ0) is 15.2. The number of hydrogen-bond acceptors (Lipinski definition) is 3. The first-order valence-electron chi connectivity index (χ1n) is 7.15. The minimum absolute atomic E-state index is 0.661. The third-order valence-corrected chi connectivity index (χ3v) is 4.65. The van der Waals surface area contributed by atoms with Gasteiger partial charge in [0.15, 0.2) is 0 Å². The van der Waals surface area contributed by atoms with E-state index in [0.29, 0.717) is 5.92 Å². The van der Waals surface area contributed by atoms with Crippen LogP contribution < -0.4 is 5.32 Å². The smallest absolute Gasteiger partial charge is 0.104 e. The first-order chi connectivity index (χ1) is 10.1. The summed E-state index contributed by atoms with van der Waals surface area (Å²) < 4.78 is 0. The molecule has 112 valence electrons. The molecule has 2 aromatic rings. The van der Waals surface area contributed by atoms with Crippen LogP contribution in [0.4, 0.5) is 0 Å². The standard InChI is InChI=1S/C17H21ClN2S/c1-12(2)9-19-10-14-8-13(3)17(20-11-14)21-16-7-5-4-6-15(16)18/h4-8,11-12,19H,9-10H2,1-3H3. The predicted molar refractivity (Wildman–Crippen MR) is 91.1 cm³/mol. The van der Waals surface area contributed by atoms with Gasteiger partial charge in [-0.2, -0.15) is 0 Å². The van der Waals surface area contributed by atoms with Crippen LogP contribution in [-0.2, 0) is 6.54 Å². The van der Waals surface area contributed by atoms with Crippen LogP contribution in [-0.4, -0.2) is 11.5 Å². The van der Waals surface area contributed by atoms with E-state index >= 15 is 0 Å². The molecule has 0 spiro atoms. The van der Waals surface area contributed by atoms with E-state index in [1.54, 1.807) is 11.8 Å². The normalized spacial score (nSPS) is 11.1. The maximum Gasteiger partial charge on any atom is 0.104 e. The number of pyridine rings is 1. The zero-order valence-electron chi connectivity index (χ0n) is 12.7. The van der Waals surface area contributed by atoms with Crippen molar-refractivity contribution in [3.05, 3.63) is 52.7 Å². The highest BCUT2D eigenvalue weighted by molar-refractivity contribution is 7.99. The number of hydrogen-bond donors (Lipinski definition) is 1. The Morgan fingerprint density at radius 2 is 2.05 bits per heavy atom. The molecule has 0 fully saturated rings. The summed E-state index contributed by atoms with van der Waals surface area (Å²) in [6.45, 7) is 8.40. The average molecular weight is 321 g/mol. The molecule has 0 atom stereocenters. The molecule has 1 heterocycles. The molecule has 1 N–H and O–H groups in total. The Kier molecular flexibility index (Phi) is 6.09. The molecule has 2 nitrogen and oxygen atoms in total. The fraction of sp³-hybridized carbons (Fsp3) is 0.353. The largest absolute Gasteiger partial charge is 0.312 e. The number of rotatable bonds is 6. The third kappa shape index (κ3) is 5.03. The molecular weight excluding hydrogens is 300 g/mol. The van der Waals surface area contributed by atoms with Crippen LogP contribution in [0.3, 0.4) is 0 Å². The fourth-order valence-electron chi connectivity index (χ4n) is 1.96. The summed E-state index contributed by atoms with van der Waals surface area (Å²) in [6.07, 6.45) is 1.94. The second-order valence-electron chi connectivity index (χ2n) is 5.52. The second kappa shape index (κ2) is 7.83. The average Bonchev–Trinajstić information content (AvgIpc) is 2.43. The van der Waals surface area contributed by atoms with Crippen LogP contribution in [0.25, 0.3) is 0 Å². The molecule has 0 aliphatic carbocycles. The number of aromatic nitrogens is 1. The van der Waals surface area contributed by atoms with Gasteiger partial charge in [-0.1, -0.05) is 55.4 Å². The Bertz CT molecular complexity index is 599. The molecule has 1 aromatic carbocycles. The Morgan fingerprint density at radius 1 is 1.29 bits per heavy atom. The molecule has 2 rings (SSSR count). The van der Waals surface area contributed by atoms with Crippen molar-refractivity contribution in [1.29, 1.82) is 0 Å². The van der Waals surface area contributed by atoms with Gasteiger partial charge in [-0.3, -0.25) is 0 Å². The van der Waals surface area contributed by atoms with E-state index in [-0.39, 0.29) is 0 Å². The van der Waals surface area contributed by atoms with Gasteiger partial charge >= 0.3 is 0 Å². The molecule has 0 saturated carbocycles. The van der Waals surface area contributed by atoms with E-state index in [1.807, 2.05) is 30.5 Å². The van der Waals surface area contributed by atoms with Crippen LogP contribution in [0.1, 0.15) is 25.0 Å². The van der Waals surface area contributed by atoms with Crippen molar-refractivity contribution in [2.75, 3.05) is 6.54 Å². The maximum atomic E-state index is 6.20. The minimum atomic E-state index is 0.661. The molecule has 1 aromatic heterocycles. The molecule has 4 heteroatoms. The zero-order valence-corrected chi connectivity index (χ0v) is 14.3. The van der Waals surface area contributed by atoms with Crippen molar-refractivity contribution in [3.63, 3.8) is 0 Å². The molecule has 0 aliphatic heterocycles. The van der Waals surface area contributed by atoms with E-state index in [9.17, 15) is 0 Å². The molecule has 0 radical (unpaired) electrons. The summed E-state index contributed by atoms with van der Waals surface area (Å²) in [5.41, 5.74) is 2.40. The number of nitrogens with one attached hydrogen (secondary N) is 1. The van der Waals surface area contributed by atoms with Crippen molar-refractivity contribution in [2.24, 2.45) is 5.92 Å². The molecular formula is C17H21ClN2S. The van der Waals surface area contributed by atoms with Gasteiger partial charge < -0.3 is 5.32 Å². The summed E-state index contributed by atoms with van der Waals surface area (Å²) in [4.78, 5) is 5.62. The Balaban J connectivity index is 2.04. The first-order valence-corrected chi connectivity index (χ1v) is 8.34.